The molecule has 3 rings (SSSR count). The summed E-state index contributed by atoms with van der Waals surface area (Å²) in [6.45, 7) is 3.69. The summed E-state index contributed by atoms with van der Waals surface area (Å²) >= 11 is 0. The van der Waals surface area contributed by atoms with Gasteiger partial charge in [0.1, 0.15) is 0 Å². The zero-order chi connectivity index (χ0) is 19.2. The van der Waals surface area contributed by atoms with E-state index in [1.165, 1.54) is 0 Å². The predicted molar refractivity (Wildman–Crippen MR) is 108 cm³/mol. The summed E-state index contributed by atoms with van der Waals surface area (Å²) < 4.78 is 5.15. The van der Waals surface area contributed by atoms with Gasteiger partial charge in [0.2, 0.25) is 0 Å². The summed E-state index contributed by atoms with van der Waals surface area (Å²) in [5, 5.41) is 5.06. The Kier molecular flexibility index (Phi) is 5.87. The molecule has 0 aromatic heterocycles. The highest BCUT2D eigenvalue weighted by Gasteiger charge is 2.12. The van der Waals surface area contributed by atoms with Crippen molar-refractivity contribution in [2.24, 2.45) is 0 Å². The number of aryl methyl sites for hydroxylation is 2. The van der Waals surface area contributed by atoms with Gasteiger partial charge in [-0.3, -0.25) is 9.59 Å². The number of carbonyl (C=O) groups is 2. The van der Waals surface area contributed by atoms with Crippen molar-refractivity contribution < 1.29 is 14.3 Å². The lowest BCUT2D eigenvalue weighted by atomic mass is 10.1. The maximum atomic E-state index is 12.2. The molecule has 0 radical (unpaired) electrons. The highest BCUT2D eigenvalue weighted by atomic mass is 16.5. The number of benzene rings is 3. The van der Waals surface area contributed by atoms with Crippen LogP contribution in [0, 0.1) is 6.92 Å². The second-order valence-corrected chi connectivity index (χ2v) is 6.53. The molecular formula is C23H23NO3. The zero-order valence-corrected chi connectivity index (χ0v) is 15.6. The number of rotatable bonds is 6. The van der Waals surface area contributed by atoms with Gasteiger partial charge in [-0.05, 0) is 40.8 Å². The maximum absolute atomic E-state index is 12.2. The lowest BCUT2D eigenvalue weighted by Crippen LogP contribution is -2.22. The van der Waals surface area contributed by atoms with E-state index in [-0.39, 0.29) is 18.9 Å². The van der Waals surface area contributed by atoms with Crippen molar-refractivity contribution in [1.29, 1.82) is 0 Å². The monoisotopic (exact) mass is 361 g/mol. The van der Waals surface area contributed by atoms with Crippen LogP contribution in [0.3, 0.4) is 0 Å². The van der Waals surface area contributed by atoms with E-state index in [0.29, 0.717) is 0 Å². The summed E-state index contributed by atoms with van der Waals surface area (Å²) in [7, 11) is 0. The number of hydrogen-bond donors (Lipinski definition) is 1. The molecule has 3 aromatic carbocycles. The van der Waals surface area contributed by atoms with Crippen molar-refractivity contribution in [3.05, 3.63) is 77.4 Å². The van der Waals surface area contributed by atoms with Gasteiger partial charge in [0.25, 0.3) is 5.91 Å². The van der Waals surface area contributed by atoms with E-state index in [1.54, 1.807) is 0 Å². The van der Waals surface area contributed by atoms with Gasteiger partial charge in [-0.1, -0.05) is 67.6 Å². The average molecular weight is 361 g/mol. The Morgan fingerprint density at radius 1 is 0.963 bits per heavy atom. The van der Waals surface area contributed by atoms with Crippen molar-refractivity contribution in [1.82, 2.24) is 0 Å². The van der Waals surface area contributed by atoms with Gasteiger partial charge in [0.15, 0.2) is 6.61 Å². The molecule has 138 valence electrons. The fourth-order valence-electron chi connectivity index (χ4n) is 3.09. The molecule has 0 atom stereocenters. The van der Waals surface area contributed by atoms with Crippen molar-refractivity contribution in [2.45, 2.75) is 26.7 Å². The minimum Gasteiger partial charge on any atom is -0.455 e. The Balaban J connectivity index is 1.56. The third-order valence-corrected chi connectivity index (χ3v) is 4.53. The van der Waals surface area contributed by atoms with Crippen LogP contribution >= 0.6 is 0 Å². The van der Waals surface area contributed by atoms with Gasteiger partial charge >= 0.3 is 5.97 Å². The Bertz CT molecular complexity index is 978. The molecule has 1 amide bonds. The summed E-state index contributed by atoms with van der Waals surface area (Å²) in [6.07, 6.45) is 0.960. The molecule has 1 N–H and O–H groups in total. The first-order valence-electron chi connectivity index (χ1n) is 9.08. The van der Waals surface area contributed by atoms with Crippen molar-refractivity contribution in [2.75, 3.05) is 11.9 Å². The normalized spacial score (nSPS) is 10.6. The Labute approximate surface area is 159 Å². The summed E-state index contributed by atoms with van der Waals surface area (Å²) in [4.78, 5) is 24.3. The van der Waals surface area contributed by atoms with E-state index < -0.39 is 5.97 Å². The van der Waals surface area contributed by atoms with Crippen LogP contribution in [-0.4, -0.2) is 18.5 Å². The minimum absolute atomic E-state index is 0.142. The molecule has 0 aliphatic rings. The smallest absolute Gasteiger partial charge is 0.310 e. The predicted octanol–water partition coefficient (Wildman–Crippen LogP) is 4.44. The largest absolute Gasteiger partial charge is 0.455 e. The number of fused-ring (bicyclic) bond motifs is 1. The van der Waals surface area contributed by atoms with Crippen LogP contribution in [0.1, 0.15) is 23.6 Å². The van der Waals surface area contributed by atoms with E-state index in [0.717, 1.165) is 39.6 Å². The molecule has 4 heteroatoms. The van der Waals surface area contributed by atoms with Gasteiger partial charge in [-0.15, -0.1) is 0 Å². The van der Waals surface area contributed by atoms with E-state index >= 15 is 0 Å². The van der Waals surface area contributed by atoms with E-state index in [9.17, 15) is 9.59 Å². The number of anilines is 1. The van der Waals surface area contributed by atoms with E-state index in [4.69, 9.17) is 4.74 Å². The van der Waals surface area contributed by atoms with Gasteiger partial charge in [-0.2, -0.15) is 0 Å². The Hall–Kier alpha value is -3.14. The van der Waals surface area contributed by atoms with Crippen LogP contribution in [-0.2, 0) is 27.2 Å². The van der Waals surface area contributed by atoms with Crippen molar-refractivity contribution in [3.63, 3.8) is 0 Å². The fraction of sp³-hybridized carbons (Fsp3) is 0.217. The molecule has 0 saturated heterocycles. The number of carbonyl (C=O) groups excluding carboxylic acids is 2. The summed E-state index contributed by atoms with van der Waals surface area (Å²) in [6, 6.07) is 19.7. The molecule has 0 bridgehead atoms. The first-order chi connectivity index (χ1) is 13.1. The first kappa shape index (κ1) is 18.6. The van der Waals surface area contributed by atoms with Crippen LogP contribution in [0.15, 0.2) is 60.7 Å². The number of esters is 1. The second kappa shape index (κ2) is 8.49. The topological polar surface area (TPSA) is 55.4 Å². The molecule has 0 aliphatic carbocycles. The molecule has 3 aromatic rings. The molecule has 0 spiro atoms. The average Bonchev–Trinajstić information content (AvgIpc) is 2.68. The SMILES string of the molecule is CCc1cccc(C)c1NC(=O)COC(=O)Cc1ccc2ccccc2c1. The van der Waals surface area contributed by atoms with Gasteiger partial charge in [0.05, 0.1) is 6.42 Å². The summed E-state index contributed by atoms with van der Waals surface area (Å²) in [5.74, 6) is -0.744. The molecular weight excluding hydrogens is 338 g/mol. The molecule has 0 unspecified atom stereocenters. The third kappa shape index (κ3) is 4.73. The molecule has 0 saturated carbocycles. The molecule has 27 heavy (non-hydrogen) atoms. The number of amides is 1. The highest BCUT2D eigenvalue weighted by Crippen LogP contribution is 2.21. The van der Waals surface area contributed by atoms with Gasteiger partial charge in [-0.25, -0.2) is 0 Å². The Morgan fingerprint density at radius 3 is 2.52 bits per heavy atom. The van der Waals surface area contributed by atoms with Crippen LogP contribution in [0.4, 0.5) is 5.69 Å². The number of hydrogen-bond acceptors (Lipinski definition) is 3. The highest BCUT2D eigenvalue weighted by molar-refractivity contribution is 5.94. The van der Waals surface area contributed by atoms with Gasteiger partial charge < -0.3 is 10.1 Å². The van der Waals surface area contributed by atoms with Crippen LogP contribution in [0.2, 0.25) is 0 Å². The minimum atomic E-state index is -0.416. The lowest BCUT2D eigenvalue weighted by Gasteiger charge is -2.13. The fourth-order valence-corrected chi connectivity index (χ4v) is 3.09. The van der Waals surface area contributed by atoms with Crippen molar-refractivity contribution in [3.8, 4) is 0 Å². The molecule has 0 fully saturated rings. The lowest BCUT2D eigenvalue weighted by molar-refractivity contribution is -0.146. The molecule has 4 nitrogen and oxygen atoms in total. The van der Waals surface area contributed by atoms with Crippen LogP contribution in [0.5, 0.6) is 0 Å². The number of ether oxygens (including phenoxy) is 1. The standard InChI is InChI=1S/C23H23NO3/c1-3-18-10-6-7-16(2)23(18)24-21(25)15-27-22(26)14-17-11-12-19-8-4-5-9-20(19)13-17/h4-13H,3,14-15H2,1-2H3,(H,24,25). The Morgan fingerprint density at radius 2 is 1.74 bits per heavy atom. The second-order valence-electron chi connectivity index (χ2n) is 6.53. The maximum Gasteiger partial charge on any atom is 0.310 e. The molecule has 0 heterocycles. The van der Waals surface area contributed by atoms with Crippen LogP contribution < -0.4 is 5.32 Å². The number of para-hydroxylation sites is 1. The van der Waals surface area contributed by atoms with Crippen LogP contribution in [0.25, 0.3) is 10.8 Å². The molecule has 0 aliphatic heterocycles. The van der Waals surface area contributed by atoms with Gasteiger partial charge in [0, 0.05) is 5.69 Å². The quantitative estimate of drug-likeness (QED) is 0.661. The zero-order valence-electron chi connectivity index (χ0n) is 15.6. The summed E-state index contributed by atoms with van der Waals surface area (Å²) in [5.41, 5.74) is 3.72. The van der Waals surface area contributed by atoms with Crippen molar-refractivity contribution >= 4 is 28.3 Å². The van der Waals surface area contributed by atoms with E-state index in [2.05, 4.69) is 5.32 Å². The first-order valence-corrected chi connectivity index (χ1v) is 9.08. The number of nitrogens with one attached hydrogen (secondary N) is 1. The van der Waals surface area contributed by atoms with E-state index in [1.807, 2.05) is 74.5 Å². The third-order valence-electron chi connectivity index (χ3n) is 4.53.